The normalized spacial score (nSPS) is 18.5. The number of aromatic nitrogens is 1. The van der Waals surface area contributed by atoms with Crippen LogP contribution in [-0.4, -0.2) is 74.9 Å². The second-order valence-corrected chi connectivity index (χ2v) is 13.2. The van der Waals surface area contributed by atoms with Crippen LogP contribution in [0.5, 0.6) is 5.75 Å². The van der Waals surface area contributed by atoms with Gasteiger partial charge < -0.3 is 14.5 Å². The Balaban J connectivity index is 1.17. The molecule has 1 aromatic carbocycles. The second kappa shape index (κ2) is 9.62. The lowest BCUT2D eigenvalue weighted by Gasteiger charge is -2.38. The average molecular weight is 541 g/mol. The Bertz CT molecular complexity index is 1290. The predicted molar refractivity (Wildman–Crippen MR) is 136 cm³/mol. The van der Waals surface area contributed by atoms with Crippen molar-refractivity contribution in [1.29, 1.82) is 0 Å². The molecule has 34 heavy (non-hydrogen) atoms. The molecule has 182 valence electrons. The summed E-state index contributed by atoms with van der Waals surface area (Å²) in [5.74, 6) is 0.753. The van der Waals surface area contributed by atoms with E-state index in [1.165, 1.54) is 4.31 Å². The van der Waals surface area contributed by atoms with E-state index in [0.717, 1.165) is 45.5 Å². The molecule has 3 aromatic rings. The van der Waals surface area contributed by atoms with Gasteiger partial charge in [-0.1, -0.05) is 29.0 Å². The summed E-state index contributed by atoms with van der Waals surface area (Å²) in [6, 6.07) is 9.05. The molecule has 2 aromatic heterocycles. The maximum atomic E-state index is 13.1. The number of thiazole rings is 1. The molecule has 12 heteroatoms. The minimum Gasteiger partial charge on any atom is -0.494 e. The average Bonchev–Trinajstić information content (AvgIpc) is 3.50. The van der Waals surface area contributed by atoms with Crippen molar-refractivity contribution in [1.82, 2.24) is 14.2 Å². The van der Waals surface area contributed by atoms with Crippen molar-refractivity contribution >= 4 is 65.6 Å². The minimum atomic E-state index is -3.55. The van der Waals surface area contributed by atoms with Gasteiger partial charge in [-0.15, -0.1) is 11.3 Å². The maximum absolute atomic E-state index is 13.1. The van der Waals surface area contributed by atoms with Gasteiger partial charge in [0.2, 0.25) is 5.91 Å². The molecule has 5 rings (SSSR count). The van der Waals surface area contributed by atoms with Crippen molar-refractivity contribution < 1.29 is 17.9 Å². The number of piperazine rings is 1. The zero-order valence-corrected chi connectivity index (χ0v) is 21.9. The Labute approximate surface area is 211 Å². The van der Waals surface area contributed by atoms with Crippen molar-refractivity contribution in [2.24, 2.45) is 5.92 Å². The predicted octanol–water partition coefficient (Wildman–Crippen LogP) is 3.77. The molecule has 4 heterocycles. The first-order chi connectivity index (χ1) is 16.4. The van der Waals surface area contributed by atoms with Gasteiger partial charge in [-0.3, -0.25) is 4.79 Å². The van der Waals surface area contributed by atoms with Gasteiger partial charge in [-0.05, 0) is 37.1 Å². The molecule has 0 atom stereocenters. The number of rotatable bonds is 5. The monoisotopic (exact) mass is 540 g/mol. The van der Waals surface area contributed by atoms with Gasteiger partial charge in [-0.25, -0.2) is 13.4 Å². The highest BCUT2D eigenvalue weighted by molar-refractivity contribution is 7.91. The van der Waals surface area contributed by atoms with E-state index in [0.29, 0.717) is 43.4 Å². The fourth-order valence-corrected chi connectivity index (χ4v) is 8.64. The molecule has 0 unspecified atom stereocenters. The molecule has 1 amide bonds. The number of fused-ring (bicyclic) bond motifs is 1. The first kappa shape index (κ1) is 23.8. The van der Waals surface area contributed by atoms with Crippen LogP contribution in [0.1, 0.15) is 12.8 Å². The lowest BCUT2D eigenvalue weighted by Crippen LogP contribution is -2.52. The van der Waals surface area contributed by atoms with Crippen molar-refractivity contribution in [2.45, 2.75) is 17.1 Å². The number of hydrogen-bond acceptors (Lipinski definition) is 8. The van der Waals surface area contributed by atoms with Gasteiger partial charge in [-0.2, -0.15) is 4.31 Å². The van der Waals surface area contributed by atoms with E-state index in [4.69, 9.17) is 21.3 Å². The number of amides is 1. The highest BCUT2D eigenvalue weighted by Crippen LogP contribution is 2.35. The molecule has 2 aliphatic rings. The third-order valence-electron chi connectivity index (χ3n) is 6.40. The van der Waals surface area contributed by atoms with E-state index in [9.17, 15) is 13.2 Å². The molecule has 8 nitrogen and oxygen atoms in total. The van der Waals surface area contributed by atoms with E-state index in [1.54, 1.807) is 30.6 Å². The van der Waals surface area contributed by atoms with Crippen LogP contribution < -0.4 is 9.64 Å². The third-order valence-corrected chi connectivity index (χ3v) is 11.1. The van der Waals surface area contributed by atoms with Crippen LogP contribution in [-0.2, 0) is 14.8 Å². The van der Waals surface area contributed by atoms with Crippen molar-refractivity contribution in [2.75, 3.05) is 51.3 Å². The number of para-hydroxylation sites is 1. The lowest BCUT2D eigenvalue weighted by molar-refractivity contribution is -0.137. The van der Waals surface area contributed by atoms with Crippen LogP contribution in [0.3, 0.4) is 0 Å². The Morgan fingerprint density at radius 2 is 1.79 bits per heavy atom. The number of thiophene rings is 1. The summed E-state index contributed by atoms with van der Waals surface area (Å²) in [5, 5.41) is 0.943. The third kappa shape index (κ3) is 4.51. The van der Waals surface area contributed by atoms with Gasteiger partial charge in [0.05, 0.1) is 16.1 Å². The van der Waals surface area contributed by atoms with Crippen molar-refractivity contribution in [3.8, 4) is 5.75 Å². The summed E-state index contributed by atoms with van der Waals surface area (Å²) in [6.07, 6.45) is 1.07. The number of sulfonamides is 1. The number of hydrogen-bond donors (Lipinski definition) is 0. The summed E-state index contributed by atoms with van der Waals surface area (Å²) in [4.78, 5) is 22.0. The van der Waals surface area contributed by atoms with E-state index in [1.807, 2.05) is 23.1 Å². The van der Waals surface area contributed by atoms with Crippen LogP contribution in [0.4, 0.5) is 5.13 Å². The van der Waals surface area contributed by atoms with Gasteiger partial charge >= 0.3 is 0 Å². The fourth-order valence-electron chi connectivity index (χ4n) is 4.49. The Morgan fingerprint density at radius 3 is 2.44 bits per heavy atom. The highest BCUT2D eigenvalue weighted by Gasteiger charge is 2.35. The minimum absolute atomic E-state index is 0.127. The summed E-state index contributed by atoms with van der Waals surface area (Å²) in [7, 11) is -1.90. The van der Waals surface area contributed by atoms with E-state index < -0.39 is 10.0 Å². The number of benzene rings is 1. The van der Waals surface area contributed by atoms with Gasteiger partial charge in [0, 0.05) is 45.2 Å². The summed E-state index contributed by atoms with van der Waals surface area (Å²) < 4.78 is 34.3. The van der Waals surface area contributed by atoms with Crippen LogP contribution in [0.2, 0.25) is 4.34 Å². The first-order valence-electron chi connectivity index (χ1n) is 11.1. The smallest absolute Gasteiger partial charge is 0.252 e. The van der Waals surface area contributed by atoms with Gasteiger partial charge in [0.25, 0.3) is 10.0 Å². The zero-order valence-electron chi connectivity index (χ0n) is 18.6. The van der Waals surface area contributed by atoms with Crippen LogP contribution in [0.25, 0.3) is 10.2 Å². The largest absolute Gasteiger partial charge is 0.494 e. The number of methoxy groups -OCH3 is 1. The molecular formula is C22H25ClN4O4S3. The van der Waals surface area contributed by atoms with Gasteiger partial charge in [0.15, 0.2) is 5.13 Å². The quantitative estimate of drug-likeness (QED) is 0.490. The van der Waals surface area contributed by atoms with Crippen LogP contribution >= 0.6 is 34.3 Å². The van der Waals surface area contributed by atoms with Crippen LogP contribution in [0, 0.1) is 5.92 Å². The molecule has 0 saturated carbocycles. The Kier molecular flexibility index (Phi) is 6.73. The van der Waals surface area contributed by atoms with Crippen molar-refractivity contribution in [3.05, 3.63) is 34.7 Å². The molecule has 0 radical (unpaired) electrons. The molecule has 0 aliphatic carbocycles. The second-order valence-electron chi connectivity index (χ2n) is 8.35. The number of piperidine rings is 1. The van der Waals surface area contributed by atoms with Gasteiger partial charge in [0.1, 0.15) is 15.5 Å². The number of anilines is 1. The topological polar surface area (TPSA) is 83.0 Å². The van der Waals surface area contributed by atoms with Crippen molar-refractivity contribution in [3.63, 3.8) is 0 Å². The number of carbonyl (C=O) groups is 1. The lowest BCUT2D eigenvalue weighted by atomic mass is 9.96. The molecule has 2 saturated heterocycles. The summed E-state index contributed by atoms with van der Waals surface area (Å²) in [6.45, 7) is 3.42. The molecule has 2 aliphatic heterocycles. The standard InChI is InChI=1S/C22H25ClN4O4S3/c1-31-16-3-2-4-17-20(16)24-22(32-17)26-13-11-25(12-14-26)21(28)15-7-9-27(10-8-15)34(29,30)19-6-5-18(23)33-19/h2-6,15H,7-14H2,1H3. The maximum Gasteiger partial charge on any atom is 0.252 e. The molecule has 0 N–H and O–H groups in total. The number of carbonyl (C=O) groups excluding carboxylic acids is 1. The Morgan fingerprint density at radius 1 is 1.06 bits per heavy atom. The number of ether oxygens (including phenoxy) is 1. The molecular weight excluding hydrogens is 516 g/mol. The van der Waals surface area contributed by atoms with E-state index in [-0.39, 0.29) is 16.0 Å². The van der Waals surface area contributed by atoms with Crippen LogP contribution in [0.15, 0.2) is 34.5 Å². The first-order valence-corrected chi connectivity index (χ1v) is 14.5. The van der Waals surface area contributed by atoms with E-state index in [2.05, 4.69) is 4.90 Å². The molecule has 2 fully saturated rings. The van der Waals surface area contributed by atoms with E-state index >= 15 is 0 Å². The zero-order chi connectivity index (χ0) is 23.9. The summed E-state index contributed by atoms with van der Waals surface area (Å²) in [5.41, 5.74) is 0.870. The molecule has 0 spiro atoms. The fraction of sp³-hybridized carbons (Fsp3) is 0.455. The number of nitrogens with zero attached hydrogens (tertiary/aromatic N) is 4. The number of halogens is 1. The Hall–Kier alpha value is -1.92. The highest BCUT2D eigenvalue weighted by atomic mass is 35.5. The SMILES string of the molecule is COc1cccc2sc(N3CCN(C(=O)C4CCN(S(=O)(=O)c5ccc(Cl)s5)CC4)CC3)nc12. The molecule has 0 bridgehead atoms. The summed E-state index contributed by atoms with van der Waals surface area (Å²) >= 11 is 8.61.